The number of carbonyl (C=O) groups excluding carboxylic acids is 2. The van der Waals surface area contributed by atoms with Gasteiger partial charge in [-0.3, -0.25) is 9.59 Å². The largest absolute Gasteiger partial charge is 0.466 e. The SMILES string of the molecule is CCCCCCCCC/C=C\CCCCCCCCCC(=O)OCCCCCCCCCCC/C=C\C/C=C\CCCCCCCCCC(=O)NC(CO)C(O)CCCCCCCCCCCCCC. The summed E-state index contributed by atoms with van der Waals surface area (Å²) in [6, 6.07) is -0.548. The zero-order chi connectivity index (χ0) is 50.7. The van der Waals surface area contributed by atoms with Crippen LogP contribution >= 0.6 is 0 Å². The maximum absolute atomic E-state index is 12.5. The number of rotatable bonds is 58. The van der Waals surface area contributed by atoms with Gasteiger partial charge in [-0.05, 0) is 83.5 Å². The summed E-state index contributed by atoms with van der Waals surface area (Å²) in [5.41, 5.74) is 0. The van der Waals surface area contributed by atoms with E-state index in [0.717, 1.165) is 57.8 Å². The number of aliphatic hydroxyl groups is 2. The summed E-state index contributed by atoms with van der Waals surface area (Å²) < 4.78 is 5.49. The standard InChI is InChI=1S/C64H121NO5/c1-3-5-7-9-11-13-15-17-18-19-28-31-34-38-42-46-50-54-58-64(69)70-59-55-51-47-43-39-35-32-29-26-24-22-20-21-23-25-27-30-33-37-41-45-49-53-57-63(68)65-61(60-66)62(67)56-52-48-44-40-36-16-14-12-10-8-6-4-2/h18-20,22-23,25,61-62,66-67H,3-17,21,24,26-60H2,1-2H3,(H,65,68)/b19-18-,22-20-,25-23-. The third kappa shape index (κ3) is 55.4. The van der Waals surface area contributed by atoms with Crippen molar-refractivity contribution in [2.24, 2.45) is 0 Å². The monoisotopic (exact) mass is 984 g/mol. The number of aliphatic hydroxyl groups excluding tert-OH is 2. The molecule has 0 fully saturated rings. The van der Waals surface area contributed by atoms with Gasteiger partial charge in [0.15, 0.2) is 0 Å². The summed E-state index contributed by atoms with van der Waals surface area (Å²) >= 11 is 0. The highest BCUT2D eigenvalue weighted by Gasteiger charge is 2.20. The van der Waals surface area contributed by atoms with E-state index in [9.17, 15) is 19.8 Å². The van der Waals surface area contributed by atoms with Gasteiger partial charge < -0.3 is 20.3 Å². The van der Waals surface area contributed by atoms with Gasteiger partial charge in [-0.15, -0.1) is 0 Å². The van der Waals surface area contributed by atoms with Crippen molar-refractivity contribution in [3.63, 3.8) is 0 Å². The van der Waals surface area contributed by atoms with Crippen LogP contribution in [0.1, 0.15) is 335 Å². The van der Waals surface area contributed by atoms with Gasteiger partial charge in [0.2, 0.25) is 5.91 Å². The molecule has 0 aromatic carbocycles. The van der Waals surface area contributed by atoms with E-state index in [2.05, 4.69) is 55.6 Å². The number of esters is 1. The minimum atomic E-state index is -0.670. The second-order valence-corrected chi connectivity index (χ2v) is 21.4. The first-order valence-corrected chi connectivity index (χ1v) is 31.2. The Morgan fingerprint density at radius 2 is 0.714 bits per heavy atom. The van der Waals surface area contributed by atoms with Crippen molar-refractivity contribution in [2.75, 3.05) is 13.2 Å². The third-order valence-corrected chi connectivity index (χ3v) is 14.4. The van der Waals surface area contributed by atoms with Crippen LogP contribution in [0.5, 0.6) is 0 Å². The fourth-order valence-electron chi connectivity index (χ4n) is 9.61. The molecule has 6 nitrogen and oxygen atoms in total. The molecule has 0 aliphatic rings. The molecule has 0 aliphatic carbocycles. The lowest BCUT2D eigenvalue weighted by molar-refractivity contribution is -0.143. The molecule has 0 spiro atoms. The molecule has 0 aromatic heterocycles. The summed E-state index contributed by atoms with van der Waals surface area (Å²) in [4.78, 5) is 24.5. The summed E-state index contributed by atoms with van der Waals surface area (Å²) in [6.45, 7) is 4.95. The van der Waals surface area contributed by atoms with Gasteiger partial charge in [-0.25, -0.2) is 0 Å². The molecule has 0 saturated carbocycles. The topological polar surface area (TPSA) is 95.9 Å². The van der Waals surface area contributed by atoms with Crippen molar-refractivity contribution in [3.8, 4) is 0 Å². The Hall–Kier alpha value is -1.92. The Balaban J connectivity index is 3.42. The van der Waals surface area contributed by atoms with Gasteiger partial charge in [-0.1, -0.05) is 275 Å². The number of unbranched alkanes of at least 4 members (excludes halogenated alkanes) is 41. The Kier molecular flexibility index (Phi) is 58.0. The normalized spacial score (nSPS) is 12.8. The average molecular weight is 985 g/mol. The van der Waals surface area contributed by atoms with Crippen molar-refractivity contribution >= 4 is 11.9 Å². The van der Waals surface area contributed by atoms with Crippen LogP contribution in [-0.2, 0) is 14.3 Å². The molecule has 0 aromatic rings. The highest BCUT2D eigenvalue weighted by molar-refractivity contribution is 5.76. The predicted octanol–water partition coefficient (Wildman–Crippen LogP) is 19.6. The van der Waals surface area contributed by atoms with Gasteiger partial charge in [-0.2, -0.15) is 0 Å². The van der Waals surface area contributed by atoms with E-state index >= 15 is 0 Å². The number of amides is 1. The van der Waals surface area contributed by atoms with Crippen molar-refractivity contribution < 1.29 is 24.5 Å². The minimum Gasteiger partial charge on any atom is -0.466 e. The van der Waals surface area contributed by atoms with Crippen molar-refractivity contribution in [1.82, 2.24) is 5.32 Å². The second kappa shape index (κ2) is 59.6. The number of carbonyl (C=O) groups is 2. The van der Waals surface area contributed by atoms with Crippen molar-refractivity contribution in [2.45, 2.75) is 347 Å². The first kappa shape index (κ1) is 68.1. The van der Waals surface area contributed by atoms with Crippen LogP contribution in [0.25, 0.3) is 0 Å². The van der Waals surface area contributed by atoms with E-state index in [1.54, 1.807) is 0 Å². The quantitative estimate of drug-likeness (QED) is 0.0321. The number of hydrogen-bond acceptors (Lipinski definition) is 5. The molecular formula is C64H121NO5. The zero-order valence-corrected chi connectivity index (χ0v) is 47.0. The summed E-state index contributed by atoms with van der Waals surface area (Å²) in [5.74, 6) is -0.0414. The van der Waals surface area contributed by atoms with Crippen LogP contribution < -0.4 is 5.32 Å². The van der Waals surface area contributed by atoms with Crippen molar-refractivity contribution in [3.05, 3.63) is 36.5 Å². The Morgan fingerprint density at radius 1 is 0.400 bits per heavy atom. The molecule has 0 heterocycles. The van der Waals surface area contributed by atoms with Gasteiger partial charge >= 0.3 is 5.97 Å². The van der Waals surface area contributed by atoms with E-state index in [-0.39, 0.29) is 18.5 Å². The fourth-order valence-corrected chi connectivity index (χ4v) is 9.61. The molecular weight excluding hydrogens is 863 g/mol. The lowest BCUT2D eigenvalue weighted by atomic mass is 10.0. The second-order valence-electron chi connectivity index (χ2n) is 21.4. The van der Waals surface area contributed by atoms with Crippen LogP contribution in [0.2, 0.25) is 0 Å². The zero-order valence-electron chi connectivity index (χ0n) is 47.0. The molecule has 0 rings (SSSR count). The highest BCUT2D eigenvalue weighted by atomic mass is 16.5. The van der Waals surface area contributed by atoms with E-state index in [0.29, 0.717) is 25.9 Å². The first-order valence-electron chi connectivity index (χ1n) is 31.2. The Morgan fingerprint density at radius 3 is 1.10 bits per heavy atom. The first-order chi connectivity index (χ1) is 34.5. The molecule has 0 saturated heterocycles. The molecule has 70 heavy (non-hydrogen) atoms. The van der Waals surface area contributed by atoms with Gasteiger partial charge in [0.1, 0.15) is 0 Å². The smallest absolute Gasteiger partial charge is 0.305 e. The maximum Gasteiger partial charge on any atom is 0.305 e. The minimum absolute atomic E-state index is 0.00419. The molecule has 412 valence electrons. The van der Waals surface area contributed by atoms with Gasteiger partial charge in [0.05, 0.1) is 25.4 Å². The van der Waals surface area contributed by atoms with E-state index in [4.69, 9.17) is 4.74 Å². The van der Waals surface area contributed by atoms with E-state index < -0.39 is 12.1 Å². The van der Waals surface area contributed by atoms with Crippen LogP contribution in [-0.4, -0.2) is 47.4 Å². The molecule has 0 bridgehead atoms. The molecule has 0 aliphatic heterocycles. The summed E-state index contributed by atoms with van der Waals surface area (Å²) in [7, 11) is 0. The third-order valence-electron chi connectivity index (χ3n) is 14.4. The molecule has 6 heteroatoms. The van der Waals surface area contributed by atoms with Crippen LogP contribution in [0, 0.1) is 0 Å². The average Bonchev–Trinajstić information content (AvgIpc) is 3.36. The maximum atomic E-state index is 12.5. The van der Waals surface area contributed by atoms with Crippen molar-refractivity contribution in [1.29, 1.82) is 0 Å². The lowest BCUT2D eigenvalue weighted by Crippen LogP contribution is -2.45. The lowest BCUT2D eigenvalue weighted by Gasteiger charge is -2.22. The fraction of sp³-hybridized carbons (Fsp3) is 0.875. The molecule has 0 radical (unpaired) electrons. The van der Waals surface area contributed by atoms with E-state index in [1.807, 2.05) is 0 Å². The van der Waals surface area contributed by atoms with Gasteiger partial charge in [0.25, 0.3) is 0 Å². The van der Waals surface area contributed by atoms with Crippen LogP contribution in [0.15, 0.2) is 36.5 Å². The summed E-state index contributed by atoms with van der Waals surface area (Å²) in [6.07, 6.45) is 74.4. The number of allylic oxidation sites excluding steroid dienone is 6. The predicted molar refractivity (Wildman–Crippen MR) is 306 cm³/mol. The van der Waals surface area contributed by atoms with Crippen LogP contribution in [0.3, 0.4) is 0 Å². The highest BCUT2D eigenvalue weighted by Crippen LogP contribution is 2.17. The summed E-state index contributed by atoms with van der Waals surface area (Å²) in [5, 5.41) is 23.2. The number of hydrogen-bond donors (Lipinski definition) is 3. The Bertz CT molecular complexity index is 1130. The van der Waals surface area contributed by atoms with E-state index in [1.165, 1.54) is 244 Å². The number of ether oxygens (including phenoxy) is 1. The molecule has 3 N–H and O–H groups in total. The molecule has 1 amide bonds. The molecule has 2 atom stereocenters. The molecule has 2 unspecified atom stereocenters. The number of nitrogens with one attached hydrogen (secondary N) is 1. The van der Waals surface area contributed by atoms with Crippen LogP contribution in [0.4, 0.5) is 0 Å². The van der Waals surface area contributed by atoms with Gasteiger partial charge in [0, 0.05) is 12.8 Å². The Labute approximate surface area is 436 Å².